The Kier molecular flexibility index (Phi) is 4.84. The summed E-state index contributed by atoms with van der Waals surface area (Å²) in [5.74, 6) is 0. The molecule has 1 aromatic heterocycles. The maximum absolute atomic E-state index is 9.70. The number of aliphatic hydroxyl groups is 2. The van der Waals surface area contributed by atoms with Crippen molar-refractivity contribution in [3.63, 3.8) is 0 Å². The number of halogens is 1. The Bertz CT molecular complexity index is 280. The van der Waals surface area contributed by atoms with E-state index >= 15 is 0 Å². The van der Waals surface area contributed by atoms with E-state index in [0.29, 0.717) is 22.2 Å². The number of nitrogens with one attached hydrogen (secondary N) is 1. The number of hydrogen-bond acceptors (Lipinski definition) is 4. The third-order valence-corrected chi connectivity index (χ3v) is 3.24. The molecule has 0 aliphatic heterocycles. The van der Waals surface area contributed by atoms with Crippen LogP contribution in [0.25, 0.3) is 0 Å². The summed E-state index contributed by atoms with van der Waals surface area (Å²) in [6.07, 6.45) is -1.05. The lowest BCUT2D eigenvalue weighted by Gasteiger charge is -2.15. The van der Waals surface area contributed by atoms with Crippen molar-refractivity contribution in [1.82, 2.24) is 5.32 Å². The van der Waals surface area contributed by atoms with Gasteiger partial charge in [0.15, 0.2) is 0 Å². The molecule has 0 fully saturated rings. The van der Waals surface area contributed by atoms with Crippen LogP contribution < -0.4 is 5.32 Å². The molecule has 0 saturated carbocycles. The highest BCUT2D eigenvalue weighted by Gasteiger charge is 2.19. The van der Waals surface area contributed by atoms with Gasteiger partial charge < -0.3 is 15.5 Å². The minimum atomic E-state index is -0.833. The topological polar surface area (TPSA) is 52.5 Å². The van der Waals surface area contributed by atoms with E-state index in [0.717, 1.165) is 0 Å². The lowest BCUT2D eigenvalue weighted by Crippen LogP contribution is -2.22. The van der Waals surface area contributed by atoms with E-state index in [1.165, 1.54) is 11.3 Å². The molecule has 3 nitrogen and oxygen atoms in total. The molecule has 2 atom stereocenters. The molecule has 2 unspecified atom stereocenters. The van der Waals surface area contributed by atoms with Gasteiger partial charge in [-0.25, -0.2) is 0 Å². The smallest absolute Gasteiger partial charge is 0.114 e. The minimum absolute atomic E-state index is 0.521. The fourth-order valence-electron chi connectivity index (χ4n) is 1.13. The lowest BCUT2D eigenvalue weighted by atomic mass is 10.1. The molecule has 80 valence electrons. The molecule has 1 heterocycles. The van der Waals surface area contributed by atoms with Crippen LogP contribution in [0.4, 0.5) is 0 Å². The van der Waals surface area contributed by atoms with Crippen LogP contribution in [0.15, 0.2) is 12.1 Å². The van der Waals surface area contributed by atoms with E-state index < -0.39 is 12.2 Å². The summed E-state index contributed by atoms with van der Waals surface area (Å²) in [4.78, 5) is 0.707. The first kappa shape index (κ1) is 11.9. The maximum atomic E-state index is 9.70. The van der Waals surface area contributed by atoms with Gasteiger partial charge in [-0.2, -0.15) is 0 Å². The van der Waals surface area contributed by atoms with E-state index in [4.69, 9.17) is 11.6 Å². The van der Waals surface area contributed by atoms with Gasteiger partial charge in [0.25, 0.3) is 0 Å². The summed E-state index contributed by atoms with van der Waals surface area (Å²) in [6.45, 7) is 0.678. The highest BCUT2D eigenvalue weighted by atomic mass is 35.5. The molecule has 0 radical (unpaired) electrons. The normalized spacial score (nSPS) is 15.4. The minimum Gasteiger partial charge on any atom is -0.390 e. The summed E-state index contributed by atoms with van der Waals surface area (Å²) in [6, 6.07) is 3.45. The van der Waals surface area contributed by atoms with Crippen molar-refractivity contribution in [2.24, 2.45) is 0 Å². The molecule has 0 saturated heterocycles. The van der Waals surface area contributed by atoms with Crippen LogP contribution in [-0.4, -0.2) is 29.9 Å². The molecule has 0 bridgehead atoms. The Morgan fingerprint density at radius 2 is 2.21 bits per heavy atom. The van der Waals surface area contributed by atoms with Crippen molar-refractivity contribution in [3.8, 4) is 0 Å². The van der Waals surface area contributed by atoms with Crippen molar-refractivity contribution >= 4 is 22.9 Å². The molecule has 0 spiro atoms. The molecular formula is C9H14ClNO2S. The van der Waals surface area contributed by atoms with Crippen molar-refractivity contribution in [2.75, 3.05) is 13.6 Å². The Morgan fingerprint density at radius 1 is 1.50 bits per heavy atom. The van der Waals surface area contributed by atoms with Crippen LogP contribution in [0, 0.1) is 0 Å². The second-order valence-corrected chi connectivity index (χ2v) is 4.79. The fourth-order valence-corrected chi connectivity index (χ4v) is 2.23. The average molecular weight is 236 g/mol. The van der Waals surface area contributed by atoms with E-state index in [9.17, 15) is 10.2 Å². The first-order valence-corrected chi connectivity index (χ1v) is 5.60. The summed E-state index contributed by atoms with van der Waals surface area (Å²) < 4.78 is 0.625. The number of hydrogen-bond donors (Lipinski definition) is 3. The summed E-state index contributed by atoms with van der Waals surface area (Å²) >= 11 is 7.02. The van der Waals surface area contributed by atoms with Crippen LogP contribution >= 0.6 is 22.9 Å². The second-order valence-electron chi connectivity index (χ2n) is 3.05. The van der Waals surface area contributed by atoms with Gasteiger partial charge in [0.05, 0.1) is 10.4 Å². The molecule has 0 aliphatic rings. The summed E-state index contributed by atoms with van der Waals surface area (Å²) in [5, 5.41) is 22.2. The highest BCUT2D eigenvalue weighted by molar-refractivity contribution is 7.16. The third-order valence-electron chi connectivity index (χ3n) is 1.94. The zero-order chi connectivity index (χ0) is 10.6. The summed E-state index contributed by atoms with van der Waals surface area (Å²) in [7, 11) is 1.81. The monoisotopic (exact) mass is 235 g/mol. The van der Waals surface area contributed by atoms with Crippen molar-refractivity contribution in [1.29, 1.82) is 0 Å². The van der Waals surface area contributed by atoms with E-state index in [2.05, 4.69) is 5.32 Å². The first-order chi connectivity index (χ1) is 6.65. The summed E-state index contributed by atoms with van der Waals surface area (Å²) in [5.41, 5.74) is 0. The molecule has 3 N–H and O–H groups in total. The lowest BCUT2D eigenvalue weighted by molar-refractivity contribution is 0.0161. The molecule has 0 amide bonds. The number of thiophene rings is 1. The second kappa shape index (κ2) is 5.68. The van der Waals surface area contributed by atoms with Gasteiger partial charge in [0, 0.05) is 4.88 Å². The van der Waals surface area contributed by atoms with Gasteiger partial charge in [0.2, 0.25) is 0 Å². The largest absolute Gasteiger partial charge is 0.390 e. The van der Waals surface area contributed by atoms with Crippen LogP contribution in [0.5, 0.6) is 0 Å². The predicted molar refractivity (Wildman–Crippen MR) is 58.8 cm³/mol. The Hall–Kier alpha value is -0.130. The van der Waals surface area contributed by atoms with E-state index in [1.807, 2.05) is 0 Å². The number of rotatable bonds is 5. The van der Waals surface area contributed by atoms with Gasteiger partial charge >= 0.3 is 0 Å². The van der Waals surface area contributed by atoms with E-state index in [1.54, 1.807) is 19.2 Å². The average Bonchev–Trinajstić information content (AvgIpc) is 2.60. The predicted octanol–water partition coefficient (Wildman–Crippen LogP) is 1.41. The van der Waals surface area contributed by atoms with Crippen LogP contribution in [0.3, 0.4) is 0 Å². The first-order valence-electron chi connectivity index (χ1n) is 4.41. The highest BCUT2D eigenvalue weighted by Crippen LogP contribution is 2.29. The molecule has 5 heteroatoms. The molecular weight excluding hydrogens is 222 g/mol. The third kappa shape index (κ3) is 3.22. The Balaban J connectivity index is 2.51. The molecule has 1 rings (SSSR count). The zero-order valence-electron chi connectivity index (χ0n) is 7.90. The van der Waals surface area contributed by atoms with Crippen LogP contribution in [0.1, 0.15) is 17.4 Å². The number of aliphatic hydroxyl groups excluding tert-OH is 2. The van der Waals surface area contributed by atoms with Gasteiger partial charge in [-0.1, -0.05) is 11.6 Å². The van der Waals surface area contributed by atoms with Gasteiger partial charge in [-0.05, 0) is 32.1 Å². The fraction of sp³-hybridized carbons (Fsp3) is 0.556. The molecule has 1 aromatic rings. The quantitative estimate of drug-likeness (QED) is 0.723. The van der Waals surface area contributed by atoms with Crippen LogP contribution in [0.2, 0.25) is 4.34 Å². The Labute approximate surface area is 92.3 Å². The standard InChI is InChI=1S/C9H14ClNO2S/c1-11-5-4-6(12)9(13)7-2-3-8(10)14-7/h2-3,6,9,11-13H,4-5H2,1H3. The van der Waals surface area contributed by atoms with Crippen LogP contribution in [-0.2, 0) is 0 Å². The van der Waals surface area contributed by atoms with Gasteiger partial charge in [0.1, 0.15) is 6.10 Å². The van der Waals surface area contributed by atoms with E-state index in [-0.39, 0.29) is 0 Å². The molecule has 0 aliphatic carbocycles. The van der Waals surface area contributed by atoms with Gasteiger partial charge in [-0.3, -0.25) is 0 Å². The SMILES string of the molecule is CNCCC(O)C(O)c1ccc(Cl)s1. The van der Waals surface area contributed by atoms with Crippen molar-refractivity contribution in [3.05, 3.63) is 21.3 Å². The molecule has 14 heavy (non-hydrogen) atoms. The maximum Gasteiger partial charge on any atom is 0.114 e. The Morgan fingerprint density at radius 3 is 2.71 bits per heavy atom. The van der Waals surface area contributed by atoms with Gasteiger partial charge in [-0.15, -0.1) is 11.3 Å². The molecule has 0 aromatic carbocycles. The van der Waals surface area contributed by atoms with Crippen molar-refractivity contribution < 1.29 is 10.2 Å². The van der Waals surface area contributed by atoms with Crippen molar-refractivity contribution in [2.45, 2.75) is 18.6 Å². The zero-order valence-corrected chi connectivity index (χ0v) is 9.48.